The zero-order valence-electron chi connectivity index (χ0n) is 14.7. The van der Waals surface area contributed by atoms with Crippen LogP contribution in [-0.2, 0) is 16.0 Å². The monoisotopic (exact) mass is 380 g/mol. The molecule has 1 fully saturated rings. The first-order valence-corrected chi connectivity index (χ1v) is 8.65. The standard InChI is InChI=1S/C16H21ClN6O3/c1-11-3-4-12(9-13(11)17)18-16(24)22-5-8-26-14(10-22)15-19-21-23(20-15)6-7-25-2/h3-4,9,14H,5-8,10H2,1-2H3,(H,18,24). The van der Waals surface area contributed by atoms with E-state index in [0.717, 1.165) is 5.56 Å². The van der Waals surface area contributed by atoms with Crippen LogP contribution in [0.5, 0.6) is 0 Å². The number of hydrogen-bond acceptors (Lipinski definition) is 6. The van der Waals surface area contributed by atoms with E-state index in [1.54, 1.807) is 18.1 Å². The van der Waals surface area contributed by atoms with E-state index in [2.05, 4.69) is 20.7 Å². The summed E-state index contributed by atoms with van der Waals surface area (Å²) in [6.45, 7) is 4.15. The van der Waals surface area contributed by atoms with E-state index in [4.69, 9.17) is 21.1 Å². The van der Waals surface area contributed by atoms with Crippen LogP contribution in [0.15, 0.2) is 18.2 Å². The number of hydrogen-bond donors (Lipinski definition) is 1. The summed E-state index contributed by atoms with van der Waals surface area (Å²) < 4.78 is 10.7. The first-order valence-electron chi connectivity index (χ1n) is 8.27. The van der Waals surface area contributed by atoms with Crippen molar-refractivity contribution in [2.45, 2.75) is 19.6 Å². The Hall–Kier alpha value is -2.23. The molecule has 2 amide bonds. The number of urea groups is 1. The first kappa shape index (κ1) is 18.6. The molecule has 1 unspecified atom stereocenters. The summed E-state index contributed by atoms with van der Waals surface area (Å²) in [5.41, 5.74) is 1.61. The van der Waals surface area contributed by atoms with Crippen molar-refractivity contribution in [2.75, 3.05) is 38.7 Å². The highest BCUT2D eigenvalue weighted by molar-refractivity contribution is 6.31. The van der Waals surface area contributed by atoms with Crippen molar-refractivity contribution in [2.24, 2.45) is 0 Å². The lowest BCUT2D eigenvalue weighted by molar-refractivity contribution is -0.0183. The summed E-state index contributed by atoms with van der Waals surface area (Å²) in [6, 6.07) is 5.20. The van der Waals surface area contributed by atoms with Gasteiger partial charge < -0.3 is 19.7 Å². The topological polar surface area (TPSA) is 94.4 Å². The minimum absolute atomic E-state index is 0.218. The quantitative estimate of drug-likeness (QED) is 0.851. The van der Waals surface area contributed by atoms with Crippen LogP contribution in [0.1, 0.15) is 17.5 Å². The number of carbonyl (C=O) groups excluding carboxylic acids is 1. The van der Waals surface area contributed by atoms with Crippen molar-refractivity contribution in [3.8, 4) is 0 Å². The van der Waals surface area contributed by atoms with E-state index in [-0.39, 0.29) is 6.03 Å². The molecule has 1 atom stereocenters. The molecule has 3 rings (SSSR count). The summed E-state index contributed by atoms with van der Waals surface area (Å²) in [6.07, 6.45) is -0.410. The maximum absolute atomic E-state index is 12.5. The molecule has 0 saturated carbocycles. The van der Waals surface area contributed by atoms with Gasteiger partial charge in [-0.2, -0.15) is 4.80 Å². The number of morpholine rings is 1. The third-order valence-corrected chi connectivity index (χ3v) is 4.44. The molecule has 2 aromatic rings. The van der Waals surface area contributed by atoms with Crippen LogP contribution in [0, 0.1) is 6.92 Å². The van der Waals surface area contributed by atoms with Crippen LogP contribution in [-0.4, -0.2) is 64.6 Å². The van der Waals surface area contributed by atoms with Crippen LogP contribution >= 0.6 is 11.6 Å². The molecule has 1 aromatic carbocycles. The summed E-state index contributed by atoms with van der Waals surface area (Å²) in [5.74, 6) is 0.456. The highest BCUT2D eigenvalue weighted by Gasteiger charge is 2.28. The second-order valence-electron chi connectivity index (χ2n) is 5.94. The Kier molecular flexibility index (Phi) is 6.02. The first-order chi connectivity index (χ1) is 12.6. The molecule has 0 radical (unpaired) electrons. The van der Waals surface area contributed by atoms with Crippen LogP contribution < -0.4 is 5.32 Å². The van der Waals surface area contributed by atoms with Crippen LogP contribution in [0.2, 0.25) is 5.02 Å². The number of aryl methyl sites for hydroxylation is 1. The fourth-order valence-electron chi connectivity index (χ4n) is 2.52. The second-order valence-corrected chi connectivity index (χ2v) is 6.34. The van der Waals surface area contributed by atoms with E-state index in [1.165, 1.54) is 4.80 Å². The fourth-order valence-corrected chi connectivity index (χ4v) is 2.70. The van der Waals surface area contributed by atoms with Crippen molar-refractivity contribution in [1.82, 2.24) is 25.1 Å². The van der Waals surface area contributed by atoms with Gasteiger partial charge in [-0.1, -0.05) is 17.7 Å². The molecule has 0 spiro atoms. The fraction of sp³-hybridized carbons (Fsp3) is 0.500. The number of anilines is 1. The van der Waals surface area contributed by atoms with E-state index < -0.39 is 6.10 Å². The lowest BCUT2D eigenvalue weighted by atomic mass is 10.2. The number of rotatable bonds is 5. The van der Waals surface area contributed by atoms with Crippen molar-refractivity contribution >= 4 is 23.3 Å². The van der Waals surface area contributed by atoms with Gasteiger partial charge in [0.1, 0.15) is 6.10 Å². The van der Waals surface area contributed by atoms with Gasteiger partial charge in [0.25, 0.3) is 0 Å². The minimum Gasteiger partial charge on any atom is -0.383 e. The second kappa shape index (κ2) is 8.43. The number of nitrogens with one attached hydrogen (secondary N) is 1. The van der Waals surface area contributed by atoms with Gasteiger partial charge in [-0.05, 0) is 29.8 Å². The molecule has 1 N–H and O–H groups in total. The molecule has 9 nitrogen and oxygen atoms in total. The smallest absolute Gasteiger partial charge is 0.322 e. The minimum atomic E-state index is -0.410. The Morgan fingerprint density at radius 3 is 3.12 bits per heavy atom. The van der Waals surface area contributed by atoms with Gasteiger partial charge >= 0.3 is 6.03 Å². The average Bonchev–Trinajstić information content (AvgIpc) is 3.12. The molecule has 1 aromatic heterocycles. The van der Waals surface area contributed by atoms with Gasteiger partial charge in [0, 0.05) is 24.4 Å². The summed E-state index contributed by atoms with van der Waals surface area (Å²) >= 11 is 6.11. The Morgan fingerprint density at radius 1 is 1.50 bits per heavy atom. The van der Waals surface area contributed by atoms with Crippen LogP contribution in [0.3, 0.4) is 0 Å². The predicted molar refractivity (Wildman–Crippen MR) is 95.2 cm³/mol. The van der Waals surface area contributed by atoms with E-state index in [0.29, 0.717) is 49.4 Å². The third kappa shape index (κ3) is 4.48. The number of benzene rings is 1. The predicted octanol–water partition coefficient (Wildman–Crippen LogP) is 1.89. The SMILES string of the molecule is COCCn1nnc(C2CN(C(=O)Nc3ccc(C)c(Cl)c3)CCO2)n1. The van der Waals surface area contributed by atoms with Gasteiger partial charge in [-0.25, -0.2) is 4.79 Å². The van der Waals surface area contributed by atoms with Gasteiger partial charge in [-0.15, -0.1) is 10.2 Å². The molecule has 0 aliphatic carbocycles. The molecule has 1 aliphatic heterocycles. The highest BCUT2D eigenvalue weighted by Crippen LogP contribution is 2.22. The summed E-state index contributed by atoms with van der Waals surface area (Å²) in [4.78, 5) is 15.6. The van der Waals surface area contributed by atoms with Crippen molar-refractivity contribution < 1.29 is 14.3 Å². The number of amides is 2. The summed E-state index contributed by atoms with van der Waals surface area (Å²) in [5, 5.41) is 15.7. The lowest BCUT2D eigenvalue weighted by Crippen LogP contribution is -2.44. The van der Waals surface area contributed by atoms with E-state index >= 15 is 0 Å². The third-order valence-electron chi connectivity index (χ3n) is 4.03. The Labute approximate surface area is 156 Å². The zero-order chi connectivity index (χ0) is 18.5. The summed E-state index contributed by atoms with van der Waals surface area (Å²) in [7, 11) is 1.61. The normalized spacial score (nSPS) is 17.3. The Balaban J connectivity index is 1.61. The van der Waals surface area contributed by atoms with Crippen molar-refractivity contribution in [1.29, 1.82) is 0 Å². The van der Waals surface area contributed by atoms with Crippen LogP contribution in [0.25, 0.3) is 0 Å². The Bertz CT molecular complexity index is 768. The molecule has 2 heterocycles. The number of ether oxygens (including phenoxy) is 2. The largest absolute Gasteiger partial charge is 0.383 e. The van der Waals surface area contributed by atoms with Gasteiger partial charge in [0.2, 0.25) is 5.82 Å². The number of aromatic nitrogens is 4. The van der Waals surface area contributed by atoms with E-state index in [1.807, 2.05) is 19.1 Å². The molecule has 1 aliphatic rings. The number of halogens is 1. The number of methoxy groups -OCH3 is 1. The average molecular weight is 381 g/mol. The molecule has 0 bridgehead atoms. The molecular weight excluding hydrogens is 360 g/mol. The van der Waals surface area contributed by atoms with Crippen LogP contribution in [0.4, 0.5) is 10.5 Å². The maximum Gasteiger partial charge on any atom is 0.322 e. The van der Waals surface area contributed by atoms with Gasteiger partial charge in [0.15, 0.2) is 0 Å². The molecule has 26 heavy (non-hydrogen) atoms. The number of tetrazole rings is 1. The van der Waals surface area contributed by atoms with Gasteiger partial charge in [0.05, 0.1) is 26.3 Å². The van der Waals surface area contributed by atoms with Crippen molar-refractivity contribution in [3.63, 3.8) is 0 Å². The lowest BCUT2D eigenvalue weighted by Gasteiger charge is -2.31. The molecule has 10 heteroatoms. The highest BCUT2D eigenvalue weighted by atomic mass is 35.5. The van der Waals surface area contributed by atoms with E-state index in [9.17, 15) is 4.79 Å². The molecule has 1 saturated heterocycles. The molecule has 140 valence electrons. The molecular formula is C16H21ClN6O3. The van der Waals surface area contributed by atoms with Gasteiger partial charge in [-0.3, -0.25) is 0 Å². The number of carbonyl (C=O) groups is 1. The van der Waals surface area contributed by atoms with Crippen molar-refractivity contribution in [3.05, 3.63) is 34.6 Å². The number of nitrogens with zero attached hydrogens (tertiary/aromatic N) is 5. The zero-order valence-corrected chi connectivity index (χ0v) is 15.4. The maximum atomic E-state index is 12.5. The Morgan fingerprint density at radius 2 is 2.35 bits per heavy atom.